The number of anilines is 1. The van der Waals surface area contributed by atoms with E-state index in [-0.39, 0.29) is 12.0 Å². The second-order valence-corrected chi connectivity index (χ2v) is 4.41. The van der Waals surface area contributed by atoms with Gasteiger partial charge in [-0.3, -0.25) is 4.79 Å². The van der Waals surface area contributed by atoms with E-state index in [1.54, 1.807) is 19.1 Å². The van der Waals surface area contributed by atoms with Gasteiger partial charge in [-0.2, -0.15) is 0 Å². The maximum atomic E-state index is 12.0. The monoisotopic (exact) mass is 250 g/mol. The SMILES string of the molecule is COC(C)CCC(=O)N(C)c1cccc(CN)c1. The fraction of sp³-hybridized carbons (Fsp3) is 0.500. The molecule has 0 bridgehead atoms. The van der Waals surface area contributed by atoms with E-state index in [9.17, 15) is 4.79 Å². The van der Waals surface area contributed by atoms with Crippen LogP contribution < -0.4 is 10.6 Å². The van der Waals surface area contributed by atoms with Crippen LogP contribution in [-0.2, 0) is 16.1 Å². The molecule has 0 radical (unpaired) electrons. The largest absolute Gasteiger partial charge is 0.382 e. The number of carbonyl (C=O) groups is 1. The normalized spacial score (nSPS) is 12.2. The number of hydrogen-bond donors (Lipinski definition) is 1. The van der Waals surface area contributed by atoms with Crippen molar-refractivity contribution in [2.45, 2.75) is 32.4 Å². The predicted octanol–water partition coefficient (Wildman–Crippen LogP) is 1.92. The van der Waals surface area contributed by atoms with Crippen LogP contribution >= 0.6 is 0 Å². The smallest absolute Gasteiger partial charge is 0.226 e. The maximum absolute atomic E-state index is 12.0. The Bertz CT molecular complexity index is 393. The molecule has 4 heteroatoms. The molecule has 0 aliphatic heterocycles. The average Bonchev–Trinajstić information content (AvgIpc) is 2.43. The minimum absolute atomic E-state index is 0.0908. The van der Waals surface area contributed by atoms with Crippen LogP contribution in [0.25, 0.3) is 0 Å². The zero-order chi connectivity index (χ0) is 13.5. The molecular weight excluding hydrogens is 228 g/mol. The Morgan fingerprint density at radius 1 is 1.50 bits per heavy atom. The zero-order valence-electron chi connectivity index (χ0n) is 11.3. The van der Waals surface area contributed by atoms with Crippen LogP contribution in [0.4, 0.5) is 5.69 Å². The van der Waals surface area contributed by atoms with E-state index >= 15 is 0 Å². The van der Waals surface area contributed by atoms with E-state index in [0.29, 0.717) is 13.0 Å². The van der Waals surface area contributed by atoms with Gasteiger partial charge < -0.3 is 15.4 Å². The van der Waals surface area contributed by atoms with Gasteiger partial charge in [0.15, 0.2) is 0 Å². The lowest BCUT2D eigenvalue weighted by Crippen LogP contribution is -2.27. The van der Waals surface area contributed by atoms with Gasteiger partial charge in [0.2, 0.25) is 5.91 Å². The number of benzene rings is 1. The van der Waals surface area contributed by atoms with Gasteiger partial charge in [-0.15, -0.1) is 0 Å². The molecule has 2 N–H and O–H groups in total. The first kappa shape index (κ1) is 14.7. The molecule has 0 aromatic heterocycles. The topological polar surface area (TPSA) is 55.6 Å². The zero-order valence-corrected chi connectivity index (χ0v) is 11.3. The second-order valence-electron chi connectivity index (χ2n) is 4.41. The molecule has 1 atom stereocenters. The number of hydrogen-bond acceptors (Lipinski definition) is 3. The first-order valence-corrected chi connectivity index (χ1v) is 6.16. The first-order chi connectivity index (χ1) is 8.58. The Morgan fingerprint density at radius 2 is 2.22 bits per heavy atom. The lowest BCUT2D eigenvalue weighted by atomic mass is 10.1. The number of methoxy groups -OCH3 is 1. The van der Waals surface area contributed by atoms with Crippen molar-refractivity contribution in [1.82, 2.24) is 0 Å². The number of amides is 1. The van der Waals surface area contributed by atoms with Gasteiger partial charge in [-0.05, 0) is 31.0 Å². The number of nitrogens with two attached hydrogens (primary N) is 1. The highest BCUT2D eigenvalue weighted by atomic mass is 16.5. The molecule has 0 saturated carbocycles. The van der Waals surface area contributed by atoms with Crippen LogP contribution in [0, 0.1) is 0 Å². The summed E-state index contributed by atoms with van der Waals surface area (Å²) in [5.74, 6) is 0.0908. The third-order valence-electron chi connectivity index (χ3n) is 3.07. The molecule has 1 rings (SSSR count). The Morgan fingerprint density at radius 3 is 2.83 bits per heavy atom. The average molecular weight is 250 g/mol. The molecule has 4 nitrogen and oxygen atoms in total. The first-order valence-electron chi connectivity index (χ1n) is 6.16. The third kappa shape index (κ3) is 4.13. The van der Waals surface area contributed by atoms with Gasteiger partial charge in [-0.25, -0.2) is 0 Å². The van der Waals surface area contributed by atoms with Crippen LogP contribution in [0.5, 0.6) is 0 Å². The molecular formula is C14H22N2O2. The van der Waals surface area contributed by atoms with Crippen LogP contribution in [0.3, 0.4) is 0 Å². The summed E-state index contributed by atoms with van der Waals surface area (Å²) in [6, 6.07) is 7.72. The van der Waals surface area contributed by atoms with Crippen LogP contribution in [0.15, 0.2) is 24.3 Å². The number of carbonyl (C=O) groups excluding carboxylic acids is 1. The van der Waals surface area contributed by atoms with Crippen molar-refractivity contribution in [2.75, 3.05) is 19.1 Å². The van der Waals surface area contributed by atoms with Crippen LogP contribution in [-0.4, -0.2) is 26.2 Å². The van der Waals surface area contributed by atoms with Crippen LogP contribution in [0.1, 0.15) is 25.3 Å². The summed E-state index contributed by atoms with van der Waals surface area (Å²) >= 11 is 0. The highest BCUT2D eigenvalue weighted by Crippen LogP contribution is 2.16. The van der Waals surface area contributed by atoms with Crippen molar-refractivity contribution in [3.63, 3.8) is 0 Å². The summed E-state index contributed by atoms with van der Waals surface area (Å²) in [7, 11) is 3.44. The van der Waals surface area contributed by atoms with Crippen LogP contribution in [0.2, 0.25) is 0 Å². The molecule has 1 aromatic rings. The van der Waals surface area contributed by atoms with E-state index < -0.39 is 0 Å². The minimum Gasteiger partial charge on any atom is -0.382 e. The third-order valence-corrected chi connectivity index (χ3v) is 3.07. The number of ether oxygens (including phenoxy) is 1. The van der Waals surface area contributed by atoms with E-state index in [1.807, 2.05) is 31.2 Å². The summed E-state index contributed by atoms with van der Waals surface area (Å²) in [5.41, 5.74) is 7.50. The van der Waals surface area contributed by atoms with E-state index in [1.165, 1.54) is 0 Å². The van der Waals surface area contributed by atoms with Gasteiger partial charge in [-0.1, -0.05) is 12.1 Å². The fourth-order valence-electron chi connectivity index (χ4n) is 1.65. The highest BCUT2D eigenvalue weighted by Gasteiger charge is 2.12. The lowest BCUT2D eigenvalue weighted by molar-refractivity contribution is -0.118. The molecule has 0 saturated heterocycles. The maximum Gasteiger partial charge on any atom is 0.226 e. The van der Waals surface area contributed by atoms with Crippen molar-refractivity contribution < 1.29 is 9.53 Å². The Kier molecular flexibility index (Phi) is 5.82. The highest BCUT2D eigenvalue weighted by molar-refractivity contribution is 5.92. The van der Waals surface area contributed by atoms with Crippen molar-refractivity contribution in [3.8, 4) is 0 Å². The van der Waals surface area contributed by atoms with Gasteiger partial charge in [0.1, 0.15) is 0 Å². The molecule has 100 valence electrons. The van der Waals surface area contributed by atoms with Gasteiger partial charge in [0.05, 0.1) is 6.10 Å². The standard InChI is InChI=1S/C14H22N2O2/c1-11(18-3)7-8-14(17)16(2)13-6-4-5-12(9-13)10-15/h4-6,9,11H,7-8,10,15H2,1-3H3. The minimum atomic E-state index is 0.0908. The Hall–Kier alpha value is -1.39. The molecule has 0 aliphatic carbocycles. The summed E-state index contributed by atoms with van der Waals surface area (Å²) in [6.45, 7) is 2.44. The molecule has 0 fully saturated rings. The summed E-state index contributed by atoms with van der Waals surface area (Å²) in [6.07, 6.45) is 1.33. The molecule has 0 heterocycles. The molecule has 18 heavy (non-hydrogen) atoms. The summed E-state index contributed by atoms with van der Waals surface area (Å²) in [4.78, 5) is 13.7. The molecule has 0 spiro atoms. The lowest BCUT2D eigenvalue weighted by Gasteiger charge is -2.19. The van der Waals surface area contributed by atoms with Crippen molar-refractivity contribution in [1.29, 1.82) is 0 Å². The number of rotatable bonds is 6. The van der Waals surface area contributed by atoms with E-state index in [2.05, 4.69) is 0 Å². The van der Waals surface area contributed by atoms with Crippen molar-refractivity contribution in [2.24, 2.45) is 5.73 Å². The number of nitrogens with zero attached hydrogens (tertiary/aromatic N) is 1. The van der Waals surface area contributed by atoms with Gasteiger partial charge in [0.25, 0.3) is 0 Å². The molecule has 0 aliphatic rings. The molecule has 1 aromatic carbocycles. The summed E-state index contributed by atoms with van der Waals surface area (Å²) < 4.78 is 5.14. The molecule has 1 amide bonds. The van der Waals surface area contributed by atoms with Crippen molar-refractivity contribution >= 4 is 11.6 Å². The molecule has 1 unspecified atom stereocenters. The van der Waals surface area contributed by atoms with Gasteiger partial charge >= 0.3 is 0 Å². The summed E-state index contributed by atoms with van der Waals surface area (Å²) in [5, 5.41) is 0. The van der Waals surface area contributed by atoms with Crippen molar-refractivity contribution in [3.05, 3.63) is 29.8 Å². The van der Waals surface area contributed by atoms with E-state index in [0.717, 1.165) is 17.7 Å². The van der Waals surface area contributed by atoms with E-state index in [4.69, 9.17) is 10.5 Å². The Labute approximate surface area is 109 Å². The Balaban J connectivity index is 2.62. The fourth-order valence-corrected chi connectivity index (χ4v) is 1.65. The van der Waals surface area contributed by atoms with Gasteiger partial charge in [0, 0.05) is 32.8 Å². The quantitative estimate of drug-likeness (QED) is 0.839. The second kappa shape index (κ2) is 7.13. The predicted molar refractivity (Wildman–Crippen MR) is 73.4 cm³/mol.